The third kappa shape index (κ3) is 3.75. The van der Waals surface area contributed by atoms with Crippen LogP contribution in [0.2, 0.25) is 13.1 Å². The van der Waals surface area contributed by atoms with Gasteiger partial charge in [0.15, 0.2) is 9.04 Å². The van der Waals surface area contributed by atoms with Crippen molar-refractivity contribution in [2.24, 2.45) is 16.7 Å². The molecule has 1 aromatic carbocycles. The van der Waals surface area contributed by atoms with Crippen LogP contribution in [0.5, 0.6) is 0 Å². The van der Waals surface area contributed by atoms with Crippen molar-refractivity contribution >= 4 is 32.2 Å². The molecule has 3 atom stereocenters. The molecule has 1 aromatic rings. The molecule has 1 saturated heterocycles. The van der Waals surface area contributed by atoms with E-state index in [2.05, 4.69) is 70.0 Å². The summed E-state index contributed by atoms with van der Waals surface area (Å²) in [5.41, 5.74) is -0.137. The molecule has 4 nitrogen and oxygen atoms in total. The van der Waals surface area contributed by atoms with Gasteiger partial charge in [-0.3, -0.25) is 4.79 Å². The van der Waals surface area contributed by atoms with Gasteiger partial charge in [-0.15, -0.1) is 0 Å². The fourth-order valence-corrected chi connectivity index (χ4v) is 7.40. The van der Waals surface area contributed by atoms with Gasteiger partial charge in [0, 0.05) is 12.5 Å². The third-order valence-electron chi connectivity index (χ3n) is 6.87. The number of nitrogens with zero attached hydrogens (tertiary/aromatic N) is 1. The first-order valence-corrected chi connectivity index (χ1v) is 14.4. The summed E-state index contributed by atoms with van der Waals surface area (Å²) in [6.07, 6.45) is 1.71. The SMILES string of the molecule is CCOC(=O)C1([C@H]2CN([C@@H](C)c3ccccc3)C(=S)[C@]2(O[SiH](C)C)C(C)(C)C)CC1. The van der Waals surface area contributed by atoms with Crippen LogP contribution in [-0.2, 0) is 14.0 Å². The van der Waals surface area contributed by atoms with Crippen LogP contribution in [0.15, 0.2) is 30.3 Å². The quantitative estimate of drug-likeness (QED) is 0.329. The van der Waals surface area contributed by atoms with Crippen LogP contribution < -0.4 is 0 Å². The summed E-state index contributed by atoms with van der Waals surface area (Å²) in [7, 11) is -1.46. The average Bonchev–Trinajstić information content (AvgIpc) is 3.42. The summed E-state index contributed by atoms with van der Waals surface area (Å²) < 4.78 is 12.5. The third-order valence-corrected chi connectivity index (χ3v) is 8.25. The normalized spacial score (nSPS) is 26.7. The molecule has 0 amide bonds. The lowest BCUT2D eigenvalue weighted by molar-refractivity contribution is -0.156. The van der Waals surface area contributed by atoms with Gasteiger partial charge in [-0.2, -0.15) is 0 Å². The number of benzene rings is 1. The molecule has 2 aliphatic rings. The molecule has 1 aliphatic carbocycles. The summed E-state index contributed by atoms with van der Waals surface area (Å²) >= 11 is 6.21. The molecular weight excluding hydrogens is 410 g/mol. The van der Waals surface area contributed by atoms with Gasteiger partial charge < -0.3 is 14.1 Å². The van der Waals surface area contributed by atoms with Crippen molar-refractivity contribution < 1.29 is 14.0 Å². The van der Waals surface area contributed by atoms with Gasteiger partial charge in [0.25, 0.3) is 0 Å². The van der Waals surface area contributed by atoms with Crippen LogP contribution in [0.3, 0.4) is 0 Å². The Hall–Kier alpha value is -1.24. The average molecular weight is 448 g/mol. The van der Waals surface area contributed by atoms with Crippen molar-refractivity contribution in [2.75, 3.05) is 13.2 Å². The van der Waals surface area contributed by atoms with E-state index in [4.69, 9.17) is 21.4 Å². The van der Waals surface area contributed by atoms with E-state index >= 15 is 0 Å². The van der Waals surface area contributed by atoms with E-state index in [1.807, 2.05) is 13.0 Å². The van der Waals surface area contributed by atoms with Gasteiger partial charge in [0.05, 0.1) is 18.1 Å². The highest BCUT2D eigenvalue weighted by Crippen LogP contribution is 2.63. The molecule has 0 unspecified atom stereocenters. The Balaban J connectivity index is 2.10. The van der Waals surface area contributed by atoms with Crippen molar-refractivity contribution in [1.82, 2.24) is 4.90 Å². The lowest BCUT2D eigenvalue weighted by Gasteiger charge is -2.48. The molecular formula is C24H37NO3SSi. The van der Waals surface area contributed by atoms with E-state index < -0.39 is 20.1 Å². The maximum atomic E-state index is 13.1. The zero-order valence-corrected chi connectivity index (χ0v) is 21.5. The lowest BCUT2D eigenvalue weighted by Crippen LogP contribution is -2.59. The largest absolute Gasteiger partial charge is 0.466 e. The highest BCUT2D eigenvalue weighted by molar-refractivity contribution is 7.80. The van der Waals surface area contributed by atoms with Crippen LogP contribution in [0.4, 0.5) is 0 Å². The van der Waals surface area contributed by atoms with Crippen LogP contribution in [-0.4, -0.2) is 43.7 Å². The standard InChI is InChI=1S/C24H37NO3SSi/c1-8-27-21(26)23(14-15-23)19-16-25(17(2)18-12-10-9-11-13-18)20(29)24(19,22(3,4)5)28-30(6)7/h9-13,17,19,30H,8,14-16H2,1-7H3/t17-,19+,24-/m0/s1. The second-order valence-electron chi connectivity index (χ2n) is 10.1. The van der Waals surface area contributed by atoms with Crippen LogP contribution >= 0.6 is 12.2 Å². The molecule has 3 rings (SSSR count). The first-order chi connectivity index (χ1) is 14.0. The first kappa shape index (κ1) is 23.4. The van der Waals surface area contributed by atoms with Gasteiger partial charge in [-0.1, -0.05) is 63.3 Å². The zero-order chi connectivity index (χ0) is 22.3. The first-order valence-electron chi connectivity index (χ1n) is 11.2. The highest BCUT2D eigenvalue weighted by Gasteiger charge is 2.71. The summed E-state index contributed by atoms with van der Waals surface area (Å²) in [4.78, 5) is 16.3. The summed E-state index contributed by atoms with van der Waals surface area (Å²) in [5.74, 6) is -0.0766. The van der Waals surface area contributed by atoms with Crippen LogP contribution in [0, 0.1) is 16.7 Å². The molecule has 0 radical (unpaired) electrons. The van der Waals surface area contributed by atoms with E-state index in [0.717, 1.165) is 24.4 Å². The number of carbonyl (C=O) groups is 1. The van der Waals surface area contributed by atoms with Crippen molar-refractivity contribution in [3.63, 3.8) is 0 Å². The Morgan fingerprint density at radius 3 is 2.33 bits per heavy atom. The molecule has 0 bridgehead atoms. The Kier molecular flexibility index (Phi) is 6.53. The smallest absolute Gasteiger partial charge is 0.312 e. The van der Waals surface area contributed by atoms with Crippen molar-refractivity contribution in [3.8, 4) is 0 Å². The molecule has 0 aromatic heterocycles. The fraction of sp³-hybridized carbons (Fsp3) is 0.667. The molecule has 1 aliphatic heterocycles. The van der Waals surface area contributed by atoms with E-state index in [9.17, 15) is 4.79 Å². The number of ether oxygens (including phenoxy) is 1. The Morgan fingerprint density at radius 1 is 1.27 bits per heavy atom. The Labute approximate surface area is 189 Å². The topological polar surface area (TPSA) is 38.8 Å². The molecule has 0 spiro atoms. The zero-order valence-electron chi connectivity index (χ0n) is 19.5. The molecule has 0 N–H and O–H groups in total. The number of likely N-dealkylation sites (tertiary alicyclic amines) is 1. The molecule has 30 heavy (non-hydrogen) atoms. The van der Waals surface area contributed by atoms with E-state index in [0.29, 0.717) is 6.61 Å². The van der Waals surface area contributed by atoms with Gasteiger partial charge in [-0.25, -0.2) is 0 Å². The Morgan fingerprint density at radius 2 is 1.87 bits per heavy atom. The van der Waals surface area contributed by atoms with Gasteiger partial charge in [-0.05, 0) is 50.8 Å². The molecule has 6 heteroatoms. The number of hydrogen-bond acceptors (Lipinski definition) is 4. The second kappa shape index (κ2) is 8.36. The number of thiocarbonyl (C=S) groups is 1. The van der Waals surface area contributed by atoms with Gasteiger partial charge in [0.1, 0.15) is 10.6 Å². The van der Waals surface area contributed by atoms with Crippen molar-refractivity contribution in [1.29, 1.82) is 0 Å². The number of hydrogen-bond donors (Lipinski definition) is 0. The second-order valence-corrected chi connectivity index (χ2v) is 12.8. The molecule has 2 fully saturated rings. The predicted molar refractivity (Wildman–Crippen MR) is 128 cm³/mol. The lowest BCUT2D eigenvalue weighted by atomic mass is 9.65. The monoisotopic (exact) mass is 447 g/mol. The predicted octanol–water partition coefficient (Wildman–Crippen LogP) is 5.14. The summed E-state index contributed by atoms with van der Waals surface area (Å²) in [6, 6.07) is 10.6. The maximum Gasteiger partial charge on any atom is 0.312 e. The van der Waals surface area contributed by atoms with Crippen LogP contribution in [0.25, 0.3) is 0 Å². The van der Waals surface area contributed by atoms with E-state index in [-0.39, 0.29) is 23.3 Å². The number of carbonyl (C=O) groups excluding carboxylic acids is 1. The molecule has 1 saturated carbocycles. The summed E-state index contributed by atoms with van der Waals surface area (Å²) in [5, 5.41) is 0. The van der Waals surface area contributed by atoms with Gasteiger partial charge >= 0.3 is 5.97 Å². The number of esters is 1. The van der Waals surface area contributed by atoms with Gasteiger partial charge in [0.2, 0.25) is 0 Å². The summed E-state index contributed by atoms with van der Waals surface area (Å²) in [6.45, 7) is 16.2. The van der Waals surface area contributed by atoms with Crippen molar-refractivity contribution in [3.05, 3.63) is 35.9 Å². The molecule has 1 heterocycles. The van der Waals surface area contributed by atoms with E-state index in [1.165, 1.54) is 5.56 Å². The van der Waals surface area contributed by atoms with Crippen molar-refractivity contribution in [2.45, 2.75) is 72.2 Å². The maximum absolute atomic E-state index is 13.1. The minimum atomic E-state index is -1.46. The highest BCUT2D eigenvalue weighted by atomic mass is 32.1. The fourth-order valence-electron chi connectivity index (χ4n) is 5.21. The Bertz CT molecular complexity index is 787. The minimum absolute atomic E-state index is 0.00221. The number of rotatable bonds is 7. The van der Waals surface area contributed by atoms with Crippen LogP contribution in [0.1, 0.15) is 59.1 Å². The molecule has 166 valence electrons. The minimum Gasteiger partial charge on any atom is -0.466 e. The van der Waals surface area contributed by atoms with E-state index in [1.54, 1.807) is 0 Å².